The van der Waals surface area contributed by atoms with Crippen LogP contribution in [-0.2, 0) is 11.2 Å². The number of carbonyl (C=O) groups excluding carboxylic acids is 1. The Labute approximate surface area is 173 Å². The Balaban J connectivity index is 2.46. The Bertz CT molecular complexity index is 998. The molecule has 2 rings (SSSR count). The van der Waals surface area contributed by atoms with Crippen LogP contribution in [0.3, 0.4) is 0 Å². The van der Waals surface area contributed by atoms with Gasteiger partial charge in [-0.15, -0.1) is 0 Å². The lowest BCUT2D eigenvalue weighted by Crippen LogP contribution is -2.38. The number of thioether (sulfide) groups is 1. The fourth-order valence-corrected chi connectivity index (χ4v) is 2.92. The molecular weight excluding hydrogens is 395 g/mol. The molecule has 0 aliphatic heterocycles. The number of aromatic nitrogens is 3. The minimum Gasteiger partial charge on any atom is -0.444 e. The molecule has 9 heteroatoms. The van der Waals surface area contributed by atoms with Gasteiger partial charge in [-0.05, 0) is 46.4 Å². The van der Waals surface area contributed by atoms with Gasteiger partial charge in [-0.3, -0.25) is 4.79 Å². The monoisotopic (exact) mass is 422 g/mol. The molecule has 7 nitrogen and oxygen atoms in total. The van der Waals surface area contributed by atoms with E-state index >= 15 is 0 Å². The van der Waals surface area contributed by atoms with Crippen molar-refractivity contribution in [3.63, 3.8) is 0 Å². The van der Waals surface area contributed by atoms with Crippen molar-refractivity contribution in [3.05, 3.63) is 33.6 Å². The summed E-state index contributed by atoms with van der Waals surface area (Å²) in [5.41, 5.74) is -0.522. The van der Waals surface area contributed by atoms with Crippen molar-refractivity contribution in [2.24, 2.45) is 0 Å². The third kappa shape index (κ3) is 5.35. The first-order valence-electron chi connectivity index (χ1n) is 9.28. The molecule has 0 saturated heterocycles. The number of carbonyl (C=O) groups is 1. The number of nitrogens with one attached hydrogen (secondary N) is 1. The van der Waals surface area contributed by atoms with Crippen LogP contribution in [0, 0.1) is 5.82 Å². The number of aromatic amines is 1. The summed E-state index contributed by atoms with van der Waals surface area (Å²) in [6.45, 7) is 8.97. The Kier molecular flexibility index (Phi) is 7.05. The van der Waals surface area contributed by atoms with Gasteiger partial charge in [0.2, 0.25) is 0 Å². The molecule has 2 aromatic heterocycles. The molecule has 0 aliphatic rings. The van der Waals surface area contributed by atoms with Gasteiger partial charge in [-0.1, -0.05) is 24.8 Å². The standard InChI is InChI=1S/C20H27FN4O3S/c1-8-12-15(21)16-14(17(26)24-18(23-16)29-7)13(22-12)10-9-11(2)25(6)19(27)28-20(3,4)5/h9-11H,8H2,1-7H3,(H,23,24,26)/b10-9+. The number of H-pyrrole nitrogens is 1. The molecule has 1 atom stereocenters. The lowest BCUT2D eigenvalue weighted by atomic mass is 10.1. The van der Waals surface area contributed by atoms with Gasteiger partial charge in [-0.25, -0.2) is 19.2 Å². The Hall–Kier alpha value is -2.42. The van der Waals surface area contributed by atoms with E-state index in [0.717, 1.165) is 0 Å². The average molecular weight is 423 g/mol. The lowest BCUT2D eigenvalue weighted by molar-refractivity contribution is 0.0267. The van der Waals surface area contributed by atoms with Crippen molar-refractivity contribution in [3.8, 4) is 0 Å². The quantitative estimate of drug-likeness (QED) is 0.579. The number of hydrogen-bond donors (Lipinski definition) is 1. The van der Waals surface area contributed by atoms with E-state index < -0.39 is 23.1 Å². The third-order valence-electron chi connectivity index (χ3n) is 4.22. The molecule has 2 heterocycles. The molecule has 0 aliphatic carbocycles. The largest absolute Gasteiger partial charge is 0.444 e. The second kappa shape index (κ2) is 8.94. The summed E-state index contributed by atoms with van der Waals surface area (Å²) in [4.78, 5) is 37.4. The zero-order valence-electron chi connectivity index (χ0n) is 17.8. The minimum absolute atomic E-state index is 0.00208. The van der Waals surface area contributed by atoms with Gasteiger partial charge in [0.05, 0.1) is 22.8 Å². The van der Waals surface area contributed by atoms with Crippen molar-refractivity contribution in [2.45, 2.75) is 57.8 Å². The van der Waals surface area contributed by atoms with Gasteiger partial charge < -0.3 is 14.6 Å². The maximum Gasteiger partial charge on any atom is 0.410 e. The van der Waals surface area contributed by atoms with E-state index in [1.807, 2.05) is 0 Å². The Morgan fingerprint density at radius 2 is 2.03 bits per heavy atom. The number of likely N-dealkylation sites (N-methyl/N-ethyl adjacent to an activating group) is 1. The van der Waals surface area contributed by atoms with E-state index in [-0.39, 0.29) is 22.6 Å². The van der Waals surface area contributed by atoms with Crippen LogP contribution in [0.2, 0.25) is 0 Å². The van der Waals surface area contributed by atoms with Crippen LogP contribution in [0.4, 0.5) is 9.18 Å². The van der Waals surface area contributed by atoms with Crippen LogP contribution in [0.5, 0.6) is 0 Å². The molecule has 0 fully saturated rings. The summed E-state index contributed by atoms with van der Waals surface area (Å²) in [6, 6.07) is -0.339. The van der Waals surface area contributed by atoms with E-state index in [1.165, 1.54) is 16.7 Å². The van der Waals surface area contributed by atoms with Gasteiger partial charge in [0.1, 0.15) is 11.1 Å². The molecule has 0 radical (unpaired) electrons. The number of halogens is 1. The maximum atomic E-state index is 14.8. The SMILES string of the molecule is CCc1nc(/C=C/C(C)N(C)C(=O)OC(C)(C)C)c2c(=O)[nH]c(SC)nc2c1F. The van der Waals surface area contributed by atoms with Crippen LogP contribution in [0.1, 0.15) is 46.0 Å². The van der Waals surface area contributed by atoms with E-state index in [9.17, 15) is 14.0 Å². The van der Waals surface area contributed by atoms with Gasteiger partial charge in [0, 0.05) is 7.05 Å². The van der Waals surface area contributed by atoms with E-state index in [1.54, 1.807) is 60.1 Å². The predicted molar refractivity (Wildman–Crippen MR) is 114 cm³/mol. The van der Waals surface area contributed by atoms with Gasteiger partial charge >= 0.3 is 6.09 Å². The first kappa shape index (κ1) is 22.9. The van der Waals surface area contributed by atoms with Gasteiger partial charge in [0.25, 0.3) is 5.56 Å². The smallest absolute Gasteiger partial charge is 0.410 e. The van der Waals surface area contributed by atoms with Crippen LogP contribution < -0.4 is 5.56 Å². The molecule has 0 bridgehead atoms. The Morgan fingerprint density at radius 1 is 1.38 bits per heavy atom. The van der Waals surface area contributed by atoms with E-state index in [0.29, 0.717) is 17.3 Å². The number of fused-ring (bicyclic) bond motifs is 1. The maximum absolute atomic E-state index is 14.8. The molecule has 158 valence electrons. The number of rotatable bonds is 5. The molecule has 0 spiro atoms. The summed E-state index contributed by atoms with van der Waals surface area (Å²) < 4.78 is 20.1. The molecule has 2 aromatic rings. The second-order valence-electron chi connectivity index (χ2n) is 7.60. The molecule has 1 unspecified atom stereocenters. The predicted octanol–water partition coefficient (Wildman–Crippen LogP) is 4.01. The van der Waals surface area contributed by atoms with Gasteiger partial charge in [-0.2, -0.15) is 0 Å². The number of nitrogens with zero attached hydrogens (tertiary/aromatic N) is 3. The minimum atomic E-state index is -0.604. The van der Waals surface area contributed by atoms with Crippen molar-refractivity contribution in [1.82, 2.24) is 19.9 Å². The molecule has 0 saturated carbocycles. The molecule has 0 aromatic carbocycles. The highest BCUT2D eigenvalue weighted by Gasteiger charge is 2.22. The second-order valence-corrected chi connectivity index (χ2v) is 8.40. The van der Waals surface area contributed by atoms with Crippen LogP contribution >= 0.6 is 11.8 Å². The first-order chi connectivity index (χ1) is 13.5. The van der Waals surface area contributed by atoms with Crippen molar-refractivity contribution in [2.75, 3.05) is 13.3 Å². The van der Waals surface area contributed by atoms with Crippen LogP contribution in [0.15, 0.2) is 16.0 Å². The third-order valence-corrected chi connectivity index (χ3v) is 4.80. The molecule has 29 heavy (non-hydrogen) atoms. The number of hydrogen-bond acceptors (Lipinski definition) is 6. The fraction of sp³-hybridized carbons (Fsp3) is 0.500. The van der Waals surface area contributed by atoms with E-state index in [4.69, 9.17) is 4.74 Å². The Morgan fingerprint density at radius 3 is 2.59 bits per heavy atom. The number of ether oxygens (including phenoxy) is 1. The highest BCUT2D eigenvalue weighted by atomic mass is 32.2. The topological polar surface area (TPSA) is 88.2 Å². The zero-order chi connectivity index (χ0) is 21.9. The van der Waals surface area contributed by atoms with E-state index in [2.05, 4.69) is 15.0 Å². The van der Waals surface area contributed by atoms with Crippen molar-refractivity contribution in [1.29, 1.82) is 0 Å². The zero-order valence-corrected chi connectivity index (χ0v) is 18.6. The van der Waals surface area contributed by atoms with Gasteiger partial charge in [0.15, 0.2) is 11.0 Å². The normalized spacial score (nSPS) is 13.1. The van der Waals surface area contributed by atoms with Crippen LogP contribution in [-0.4, -0.2) is 50.9 Å². The summed E-state index contributed by atoms with van der Waals surface area (Å²) in [6.07, 6.45) is 4.97. The summed E-state index contributed by atoms with van der Waals surface area (Å²) in [5.74, 6) is -0.583. The highest BCUT2D eigenvalue weighted by molar-refractivity contribution is 7.98. The van der Waals surface area contributed by atoms with Crippen molar-refractivity contribution < 1.29 is 13.9 Å². The lowest BCUT2D eigenvalue weighted by Gasteiger charge is -2.27. The number of aryl methyl sites for hydroxylation is 1. The summed E-state index contributed by atoms with van der Waals surface area (Å²) in [7, 11) is 1.62. The summed E-state index contributed by atoms with van der Waals surface area (Å²) in [5, 5.41) is 0.420. The number of pyridine rings is 1. The first-order valence-corrected chi connectivity index (χ1v) is 10.5. The fourth-order valence-electron chi connectivity index (χ4n) is 2.55. The van der Waals surface area contributed by atoms with Crippen LogP contribution in [0.25, 0.3) is 17.0 Å². The van der Waals surface area contributed by atoms with Crippen molar-refractivity contribution >= 4 is 34.8 Å². The highest BCUT2D eigenvalue weighted by Crippen LogP contribution is 2.22. The average Bonchev–Trinajstić information content (AvgIpc) is 2.65. The molecule has 1 amide bonds. The summed E-state index contributed by atoms with van der Waals surface area (Å²) >= 11 is 1.23. The molecule has 1 N–H and O–H groups in total. The molecular formula is C20H27FN4O3S. The number of amides is 1.